The Morgan fingerprint density at radius 3 is 2.83 bits per heavy atom. The van der Waals surface area contributed by atoms with Crippen molar-refractivity contribution in [1.29, 1.82) is 0 Å². The monoisotopic (exact) mass is 256 g/mol. The Morgan fingerprint density at radius 1 is 1.44 bits per heavy atom. The van der Waals surface area contributed by atoms with Gasteiger partial charge in [-0.15, -0.1) is 0 Å². The third kappa shape index (κ3) is 2.27. The molecule has 1 fully saturated rings. The minimum Gasteiger partial charge on any atom is -0.388 e. The molecule has 0 aliphatic carbocycles. The maximum Gasteiger partial charge on any atom is 0.134 e. The Labute approximate surface area is 106 Å². The average Bonchev–Trinajstić information content (AvgIpc) is 2.82. The van der Waals surface area contributed by atoms with Crippen LogP contribution < -0.4 is 0 Å². The van der Waals surface area contributed by atoms with E-state index in [1.54, 1.807) is 6.92 Å². The van der Waals surface area contributed by atoms with Crippen LogP contribution in [0.15, 0.2) is 12.1 Å². The van der Waals surface area contributed by atoms with Crippen LogP contribution >= 0.6 is 0 Å². The van der Waals surface area contributed by atoms with Crippen LogP contribution in [0.1, 0.15) is 37.0 Å². The molecule has 0 saturated carbocycles. The van der Waals surface area contributed by atoms with Crippen molar-refractivity contribution in [3.8, 4) is 0 Å². The van der Waals surface area contributed by atoms with Gasteiger partial charge in [0.25, 0.3) is 0 Å². The molecule has 3 unspecified atom stereocenters. The first-order valence-corrected chi connectivity index (χ1v) is 6.30. The van der Waals surface area contributed by atoms with Crippen molar-refractivity contribution in [3.63, 3.8) is 0 Å². The van der Waals surface area contributed by atoms with E-state index in [0.29, 0.717) is 18.6 Å². The highest BCUT2D eigenvalue weighted by molar-refractivity contribution is 5.29. The number of aliphatic hydroxyl groups is 1. The third-order valence-electron chi connectivity index (χ3n) is 3.68. The van der Waals surface area contributed by atoms with Crippen LogP contribution in [0.2, 0.25) is 0 Å². The van der Waals surface area contributed by atoms with E-state index in [2.05, 4.69) is 0 Å². The lowest BCUT2D eigenvalue weighted by molar-refractivity contribution is 0.0276. The number of hydrogen-bond acceptors (Lipinski definition) is 2. The lowest BCUT2D eigenvalue weighted by Gasteiger charge is -2.24. The van der Waals surface area contributed by atoms with Gasteiger partial charge in [0.1, 0.15) is 11.6 Å². The van der Waals surface area contributed by atoms with Gasteiger partial charge in [0.15, 0.2) is 0 Å². The first-order valence-electron chi connectivity index (χ1n) is 6.30. The zero-order valence-corrected chi connectivity index (χ0v) is 10.6. The van der Waals surface area contributed by atoms with Gasteiger partial charge in [-0.25, -0.2) is 8.78 Å². The van der Waals surface area contributed by atoms with Crippen molar-refractivity contribution in [2.45, 2.75) is 38.9 Å². The van der Waals surface area contributed by atoms with Crippen LogP contribution in [-0.2, 0) is 4.74 Å². The van der Waals surface area contributed by atoms with Gasteiger partial charge in [0.05, 0.1) is 17.8 Å². The summed E-state index contributed by atoms with van der Waals surface area (Å²) in [5.41, 5.74) is 0.126. The Kier molecular flexibility index (Phi) is 3.97. The SMILES string of the molecule is CCC1OCCC1C(O)c1c(F)ccc(C)c1F. The first-order chi connectivity index (χ1) is 8.56. The van der Waals surface area contributed by atoms with Gasteiger partial charge < -0.3 is 9.84 Å². The van der Waals surface area contributed by atoms with E-state index < -0.39 is 17.7 Å². The molecule has 100 valence electrons. The van der Waals surface area contributed by atoms with E-state index in [4.69, 9.17) is 4.74 Å². The highest BCUT2D eigenvalue weighted by atomic mass is 19.1. The molecule has 1 aromatic rings. The molecule has 1 saturated heterocycles. The van der Waals surface area contributed by atoms with E-state index in [1.807, 2.05) is 6.92 Å². The minimum absolute atomic E-state index is 0.126. The molecule has 2 nitrogen and oxygen atoms in total. The molecular formula is C14H18F2O2. The fourth-order valence-electron chi connectivity index (χ4n) is 2.61. The van der Waals surface area contributed by atoms with Crippen LogP contribution in [0.4, 0.5) is 8.78 Å². The first kappa shape index (κ1) is 13.4. The van der Waals surface area contributed by atoms with E-state index in [9.17, 15) is 13.9 Å². The molecule has 1 heterocycles. The predicted octanol–water partition coefficient (Wildman–Crippen LogP) is 3.12. The summed E-state index contributed by atoms with van der Waals surface area (Å²) in [5, 5.41) is 10.2. The molecule has 18 heavy (non-hydrogen) atoms. The summed E-state index contributed by atoms with van der Waals surface area (Å²) >= 11 is 0. The van der Waals surface area contributed by atoms with Gasteiger partial charge in [-0.3, -0.25) is 0 Å². The minimum atomic E-state index is -1.14. The van der Waals surface area contributed by atoms with Gasteiger partial charge in [0, 0.05) is 12.5 Å². The van der Waals surface area contributed by atoms with Crippen LogP contribution in [0.25, 0.3) is 0 Å². The Bertz CT molecular complexity index is 434. The standard InChI is InChI=1S/C14H18F2O2/c1-3-11-9(6-7-18-11)14(17)12-10(15)5-4-8(2)13(12)16/h4-5,9,11,14,17H,3,6-7H2,1-2H3. The molecule has 0 bridgehead atoms. The third-order valence-corrected chi connectivity index (χ3v) is 3.68. The number of aliphatic hydroxyl groups excluding tert-OH is 1. The molecule has 1 aliphatic rings. The smallest absolute Gasteiger partial charge is 0.134 e. The zero-order valence-electron chi connectivity index (χ0n) is 10.6. The van der Waals surface area contributed by atoms with Crippen LogP contribution in [0.3, 0.4) is 0 Å². The second kappa shape index (κ2) is 5.33. The fourth-order valence-corrected chi connectivity index (χ4v) is 2.61. The van der Waals surface area contributed by atoms with E-state index in [1.165, 1.54) is 12.1 Å². The maximum atomic E-state index is 14.0. The number of benzene rings is 1. The topological polar surface area (TPSA) is 29.5 Å². The largest absolute Gasteiger partial charge is 0.388 e. The van der Waals surface area contributed by atoms with Crippen LogP contribution in [0.5, 0.6) is 0 Å². The van der Waals surface area contributed by atoms with Gasteiger partial charge in [0.2, 0.25) is 0 Å². The van der Waals surface area contributed by atoms with Crippen molar-refractivity contribution in [3.05, 3.63) is 34.9 Å². The van der Waals surface area contributed by atoms with Gasteiger partial charge >= 0.3 is 0 Å². The molecule has 4 heteroatoms. The lowest BCUT2D eigenvalue weighted by atomic mass is 9.88. The highest BCUT2D eigenvalue weighted by Gasteiger charge is 2.36. The van der Waals surface area contributed by atoms with Gasteiger partial charge in [-0.1, -0.05) is 13.0 Å². The van der Waals surface area contributed by atoms with Gasteiger partial charge in [-0.2, -0.15) is 0 Å². The molecule has 1 aromatic carbocycles. The summed E-state index contributed by atoms with van der Waals surface area (Å²) in [4.78, 5) is 0. The molecule has 0 amide bonds. The Morgan fingerprint density at radius 2 is 2.17 bits per heavy atom. The van der Waals surface area contributed by atoms with E-state index in [-0.39, 0.29) is 17.6 Å². The number of hydrogen-bond donors (Lipinski definition) is 1. The van der Waals surface area contributed by atoms with Crippen LogP contribution in [-0.4, -0.2) is 17.8 Å². The van der Waals surface area contributed by atoms with E-state index >= 15 is 0 Å². The summed E-state index contributed by atoms with van der Waals surface area (Å²) in [6, 6.07) is 2.58. The van der Waals surface area contributed by atoms with Crippen molar-refractivity contribution in [2.24, 2.45) is 5.92 Å². The van der Waals surface area contributed by atoms with Crippen molar-refractivity contribution in [2.75, 3.05) is 6.61 Å². The number of aryl methyl sites for hydroxylation is 1. The molecule has 3 atom stereocenters. The summed E-state index contributed by atoms with van der Waals surface area (Å²) < 4.78 is 33.1. The summed E-state index contributed by atoms with van der Waals surface area (Å²) in [6.45, 7) is 4.04. The summed E-state index contributed by atoms with van der Waals surface area (Å²) in [6.07, 6.45) is 0.0974. The molecule has 1 N–H and O–H groups in total. The lowest BCUT2D eigenvalue weighted by Crippen LogP contribution is -2.23. The van der Waals surface area contributed by atoms with Crippen molar-refractivity contribution in [1.82, 2.24) is 0 Å². The maximum absolute atomic E-state index is 14.0. The summed E-state index contributed by atoms with van der Waals surface area (Å²) in [5.74, 6) is -1.57. The zero-order chi connectivity index (χ0) is 13.3. The average molecular weight is 256 g/mol. The normalized spacial score (nSPS) is 25.4. The number of halogens is 2. The molecule has 0 aromatic heterocycles. The highest BCUT2D eigenvalue weighted by Crippen LogP contribution is 2.37. The Hall–Kier alpha value is -1.00. The molecule has 0 radical (unpaired) electrons. The summed E-state index contributed by atoms with van der Waals surface area (Å²) in [7, 11) is 0. The molecule has 1 aliphatic heterocycles. The second-order valence-corrected chi connectivity index (χ2v) is 4.81. The van der Waals surface area contributed by atoms with Crippen LogP contribution in [0, 0.1) is 24.5 Å². The second-order valence-electron chi connectivity index (χ2n) is 4.81. The number of ether oxygens (including phenoxy) is 1. The Balaban J connectivity index is 2.34. The van der Waals surface area contributed by atoms with E-state index in [0.717, 1.165) is 6.42 Å². The van der Waals surface area contributed by atoms with Crippen molar-refractivity contribution >= 4 is 0 Å². The van der Waals surface area contributed by atoms with Gasteiger partial charge in [-0.05, 0) is 31.4 Å². The molecule has 0 spiro atoms. The van der Waals surface area contributed by atoms with Crippen molar-refractivity contribution < 1.29 is 18.6 Å². The predicted molar refractivity (Wildman–Crippen MR) is 64.2 cm³/mol. The fraction of sp³-hybridized carbons (Fsp3) is 0.571. The molecule has 2 rings (SSSR count). The number of rotatable bonds is 3. The quantitative estimate of drug-likeness (QED) is 0.900. The molecular weight excluding hydrogens is 238 g/mol.